The quantitative estimate of drug-likeness (QED) is 0.847. The van der Waals surface area contributed by atoms with Crippen molar-refractivity contribution in [3.05, 3.63) is 33.2 Å². The Morgan fingerprint density at radius 2 is 2.19 bits per heavy atom. The largest absolute Gasteiger partial charge is 0.496 e. The Kier molecular flexibility index (Phi) is 3.84. The standard InChI is InChI=1S/C16H19BrN2OS/c1-16(2)7-11(18)14-12(8-16)19-15(21-14)10-6-9(17)4-5-13(10)20-3/h4-6,11H,7-8,18H2,1-3H3. The molecule has 1 aromatic carbocycles. The normalized spacial score (nSPS) is 20.1. The predicted octanol–water partition coefficient (Wildman–Crippen LogP) is 4.55. The molecule has 0 fully saturated rings. The molecule has 0 bridgehead atoms. The highest BCUT2D eigenvalue weighted by Gasteiger charge is 2.33. The lowest BCUT2D eigenvalue weighted by Crippen LogP contribution is -2.28. The van der Waals surface area contributed by atoms with E-state index in [1.54, 1.807) is 18.4 Å². The van der Waals surface area contributed by atoms with Crippen LogP contribution in [0, 0.1) is 5.41 Å². The summed E-state index contributed by atoms with van der Waals surface area (Å²) in [6.45, 7) is 4.52. The highest BCUT2D eigenvalue weighted by Crippen LogP contribution is 2.45. The van der Waals surface area contributed by atoms with Gasteiger partial charge in [-0.05, 0) is 36.5 Å². The SMILES string of the molecule is COc1ccc(Br)cc1-c1nc2c(s1)C(N)CC(C)(C)C2. The van der Waals surface area contributed by atoms with Gasteiger partial charge in [-0.2, -0.15) is 0 Å². The fourth-order valence-electron chi connectivity index (χ4n) is 2.96. The lowest BCUT2D eigenvalue weighted by molar-refractivity contribution is 0.282. The minimum Gasteiger partial charge on any atom is -0.496 e. The summed E-state index contributed by atoms with van der Waals surface area (Å²) in [5, 5.41) is 0.992. The lowest BCUT2D eigenvalue weighted by Gasteiger charge is -2.32. The molecule has 0 aliphatic heterocycles. The van der Waals surface area contributed by atoms with Crippen LogP contribution in [0.3, 0.4) is 0 Å². The summed E-state index contributed by atoms with van der Waals surface area (Å²) in [5.74, 6) is 0.845. The number of methoxy groups -OCH3 is 1. The van der Waals surface area contributed by atoms with Crippen molar-refractivity contribution in [3.63, 3.8) is 0 Å². The van der Waals surface area contributed by atoms with E-state index in [9.17, 15) is 0 Å². The van der Waals surface area contributed by atoms with Crippen LogP contribution in [0.15, 0.2) is 22.7 Å². The molecule has 21 heavy (non-hydrogen) atoms. The molecule has 0 amide bonds. The minimum atomic E-state index is 0.0909. The third kappa shape index (κ3) is 2.87. The maximum absolute atomic E-state index is 6.34. The van der Waals surface area contributed by atoms with Crippen LogP contribution >= 0.6 is 27.3 Å². The average molecular weight is 367 g/mol. The van der Waals surface area contributed by atoms with Gasteiger partial charge in [0.2, 0.25) is 0 Å². The van der Waals surface area contributed by atoms with Crippen molar-refractivity contribution in [1.29, 1.82) is 0 Å². The number of nitrogens with zero attached hydrogens (tertiary/aromatic N) is 1. The Morgan fingerprint density at radius 3 is 2.90 bits per heavy atom. The van der Waals surface area contributed by atoms with Gasteiger partial charge in [0, 0.05) is 15.4 Å². The van der Waals surface area contributed by atoms with Crippen LogP contribution < -0.4 is 10.5 Å². The van der Waals surface area contributed by atoms with Gasteiger partial charge in [-0.15, -0.1) is 11.3 Å². The topological polar surface area (TPSA) is 48.1 Å². The van der Waals surface area contributed by atoms with Crippen molar-refractivity contribution in [2.24, 2.45) is 11.1 Å². The molecule has 5 heteroatoms. The Labute approximate surface area is 137 Å². The lowest BCUT2D eigenvalue weighted by atomic mass is 9.77. The van der Waals surface area contributed by atoms with E-state index >= 15 is 0 Å². The van der Waals surface area contributed by atoms with E-state index in [1.807, 2.05) is 12.1 Å². The van der Waals surface area contributed by atoms with Gasteiger partial charge in [0.05, 0.1) is 18.4 Å². The van der Waals surface area contributed by atoms with Crippen LogP contribution in [0.25, 0.3) is 10.6 Å². The van der Waals surface area contributed by atoms with Crippen LogP contribution in [0.4, 0.5) is 0 Å². The second kappa shape index (κ2) is 5.38. The number of fused-ring (bicyclic) bond motifs is 1. The van der Waals surface area contributed by atoms with Crippen molar-refractivity contribution in [1.82, 2.24) is 4.98 Å². The molecule has 0 spiro atoms. The molecule has 2 N–H and O–H groups in total. The average Bonchev–Trinajstić information content (AvgIpc) is 2.81. The summed E-state index contributed by atoms with van der Waals surface area (Å²) in [6.07, 6.45) is 2.00. The molecule has 1 aliphatic carbocycles. The second-order valence-corrected chi connectivity index (χ2v) is 8.27. The van der Waals surface area contributed by atoms with Crippen LogP contribution in [0.1, 0.15) is 36.9 Å². The van der Waals surface area contributed by atoms with Crippen LogP contribution in [0.5, 0.6) is 5.75 Å². The Hall–Kier alpha value is -0.910. The highest BCUT2D eigenvalue weighted by molar-refractivity contribution is 9.10. The van der Waals surface area contributed by atoms with Crippen molar-refractivity contribution in [2.75, 3.05) is 7.11 Å². The number of rotatable bonds is 2. The summed E-state index contributed by atoms with van der Waals surface area (Å²) in [4.78, 5) is 6.08. The smallest absolute Gasteiger partial charge is 0.129 e. The molecule has 3 nitrogen and oxygen atoms in total. The van der Waals surface area contributed by atoms with Gasteiger partial charge in [0.15, 0.2) is 0 Å². The van der Waals surface area contributed by atoms with Crippen molar-refractivity contribution < 1.29 is 4.74 Å². The first-order valence-corrected chi connectivity index (χ1v) is 8.60. The van der Waals surface area contributed by atoms with Gasteiger partial charge in [0.25, 0.3) is 0 Å². The molecule has 112 valence electrons. The number of ether oxygens (including phenoxy) is 1. The number of hydrogen-bond donors (Lipinski definition) is 1. The maximum atomic E-state index is 6.34. The maximum Gasteiger partial charge on any atom is 0.129 e. The van der Waals surface area contributed by atoms with Gasteiger partial charge in [-0.1, -0.05) is 29.8 Å². The molecule has 1 atom stereocenters. The number of halogens is 1. The molecule has 1 aliphatic rings. The fraction of sp³-hybridized carbons (Fsp3) is 0.438. The third-order valence-electron chi connectivity index (χ3n) is 3.87. The Bertz CT molecular complexity index is 681. The summed E-state index contributed by atoms with van der Waals surface area (Å²) >= 11 is 5.22. The van der Waals surface area contributed by atoms with Gasteiger partial charge in [-0.25, -0.2) is 4.98 Å². The zero-order valence-electron chi connectivity index (χ0n) is 12.4. The summed E-state index contributed by atoms with van der Waals surface area (Å²) in [7, 11) is 1.69. The first kappa shape index (κ1) is 15.0. The Balaban J connectivity index is 2.08. The number of thiazole rings is 1. The monoisotopic (exact) mass is 366 g/mol. The number of aromatic nitrogens is 1. The summed E-state index contributed by atoms with van der Waals surface area (Å²) in [6, 6.07) is 6.09. The van der Waals surface area contributed by atoms with E-state index in [0.717, 1.165) is 39.3 Å². The third-order valence-corrected chi connectivity index (χ3v) is 5.63. The van der Waals surface area contributed by atoms with E-state index in [1.165, 1.54) is 4.88 Å². The van der Waals surface area contributed by atoms with E-state index in [0.29, 0.717) is 0 Å². The summed E-state index contributed by atoms with van der Waals surface area (Å²) < 4.78 is 6.49. The minimum absolute atomic E-state index is 0.0909. The number of nitrogens with two attached hydrogens (primary N) is 1. The van der Waals surface area contributed by atoms with Crippen molar-refractivity contribution in [2.45, 2.75) is 32.7 Å². The molecule has 1 aromatic heterocycles. The predicted molar refractivity (Wildman–Crippen MR) is 90.8 cm³/mol. The molecule has 0 saturated carbocycles. The van der Waals surface area contributed by atoms with E-state index < -0.39 is 0 Å². The van der Waals surface area contributed by atoms with E-state index in [-0.39, 0.29) is 11.5 Å². The van der Waals surface area contributed by atoms with Gasteiger partial charge >= 0.3 is 0 Å². The molecule has 3 rings (SSSR count). The van der Waals surface area contributed by atoms with Gasteiger partial charge in [-0.3, -0.25) is 0 Å². The van der Waals surface area contributed by atoms with Gasteiger partial charge in [0.1, 0.15) is 10.8 Å². The second-order valence-electron chi connectivity index (χ2n) is 6.33. The molecule has 0 radical (unpaired) electrons. The number of hydrogen-bond acceptors (Lipinski definition) is 4. The van der Waals surface area contributed by atoms with Crippen molar-refractivity contribution in [3.8, 4) is 16.3 Å². The Morgan fingerprint density at radius 1 is 1.43 bits per heavy atom. The fourth-order valence-corrected chi connectivity index (χ4v) is 4.42. The first-order chi connectivity index (χ1) is 9.89. The zero-order chi connectivity index (χ0) is 15.2. The first-order valence-electron chi connectivity index (χ1n) is 6.99. The van der Waals surface area contributed by atoms with Crippen LogP contribution in [-0.2, 0) is 6.42 Å². The zero-order valence-corrected chi connectivity index (χ0v) is 14.8. The molecule has 0 saturated heterocycles. The molecular formula is C16H19BrN2OS. The highest BCUT2D eigenvalue weighted by atomic mass is 79.9. The van der Waals surface area contributed by atoms with E-state index in [2.05, 4.69) is 35.8 Å². The number of benzene rings is 1. The molecule has 1 unspecified atom stereocenters. The molecule has 1 heterocycles. The van der Waals surface area contributed by atoms with Crippen molar-refractivity contribution >= 4 is 27.3 Å². The van der Waals surface area contributed by atoms with Crippen LogP contribution in [-0.4, -0.2) is 12.1 Å². The van der Waals surface area contributed by atoms with E-state index in [4.69, 9.17) is 15.5 Å². The van der Waals surface area contributed by atoms with Crippen LogP contribution in [0.2, 0.25) is 0 Å². The summed E-state index contributed by atoms with van der Waals surface area (Å²) in [5.41, 5.74) is 8.74. The molecular weight excluding hydrogens is 348 g/mol. The van der Waals surface area contributed by atoms with Gasteiger partial charge < -0.3 is 10.5 Å². The molecule has 2 aromatic rings.